The molecule has 6 rings (SSSR count). The minimum absolute atomic E-state index is 0.00912. The summed E-state index contributed by atoms with van der Waals surface area (Å²) in [6.07, 6.45) is 7.21. The van der Waals surface area contributed by atoms with Crippen molar-refractivity contribution in [1.29, 1.82) is 0 Å². The fourth-order valence-corrected chi connectivity index (χ4v) is 6.57. The van der Waals surface area contributed by atoms with E-state index in [0.29, 0.717) is 24.7 Å². The van der Waals surface area contributed by atoms with Crippen LogP contribution >= 0.6 is 0 Å². The van der Waals surface area contributed by atoms with E-state index in [1.165, 1.54) is 35.1 Å². The molecule has 42 heavy (non-hydrogen) atoms. The molecule has 3 aliphatic rings. The Labute approximate surface area is 249 Å². The van der Waals surface area contributed by atoms with Gasteiger partial charge < -0.3 is 24.3 Å². The summed E-state index contributed by atoms with van der Waals surface area (Å²) in [5.41, 5.74) is 6.14. The van der Waals surface area contributed by atoms with E-state index in [4.69, 9.17) is 18.9 Å². The second-order valence-corrected chi connectivity index (χ2v) is 11.8. The smallest absolute Gasteiger partial charge is 0.234 e. The van der Waals surface area contributed by atoms with Crippen LogP contribution in [0.25, 0.3) is 0 Å². The van der Waals surface area contributed by atoms with Crippen LogP contribution in [0.15, 0.2) is 54.6 Å². The first-order valence-corrected chi connectivity index (χ1v) is 15.2. The van der Waals surface area contributed by atoms with E-state index < -0.39 is 0 Å². The van der Waals surface area contributed by atoms with Crippen molar-refractivity contribution in [3.63, 3.8) is 0 Å². The molecule has 7 heteroatoms. The number of nitrogens with zero attached hydrogens (tertiary/aromatic N) is 1. The molecular formula is C35H42N2O5. The zero-order valence-corrected chi connectivity index (χ0v) is 25.0. The SMILES string of the molecule is COc1ccc(CC2c3cc(OCCC4CC4)c(OC)cc3CCN2CC(=O)NC2CCc3ccccc32)cc1OC. The number of carbonyl (C=O) groups is 1. The van der Waals surface area contributed by atoms with Crippen LogP contribution in [-0.2, 0) is 24.1 Å². The third kappa shape index (κ3) is 6.21. The Morgan fingerprint density at radius 1 is 0.833 bits per heavy atom. The van der Waals surface area contributed by atoms with Crippen molar-refractivity contribution in [1.82, 2.24) is 10.2 Å². The largest absolute Gasteiger partial charge is 0.493 e. The van der Waals surface area contributed by atoms with Crippen LogP contribution in [0.1, 0.15) is 65.6 Å². The molecule has 1 heterocycles. The van der Waals surface area contributed by atoms with Gasteiger partial charge in [-0.1, -0.05) is 43.2 Å². The Morgan fingerprint density at radius 2 is 1.62 bits per heavy atom. The molecule has 3 aromatic carbocycles. The Hall–Kier alpha value is -3.71. The maximum atomic E-state index is 13.5. The second-order valence-electron chi connectivity index (χ2n) is 11.8. The number of hydrogen-bond donors (Lipinski definition) is 1. The van der Waals surface area contributed by atoms with E-state index in [0.717, 1.165) is 61.6 Å². The van der Waals surface area contributed by atoms with Crippen molar-refractivity contribution in [2.24, 2.45) is 5.92 Å². The van der Waals surface area contributed by atoms with Gasteiger partial charge in [-0.25, -0.2) is 0 Å². The minimum Gasteiger partial charge on any atom is -0.493 e. The van der Waals surface area contributed by atoms with Crippen molar-refractivity contribution in [2.75, 3.05) is 41.0 Å². The Morgan fingerprint density at radius 3 is 2.40 bits per heavy atom. The molecular weight excluding hydrogens is 528 g/mol. The predicted octanol–water partition coefficient (Wildman–Crippen LogP) is 5.84. The summed E-state index contributed by atoms with van der Waals surface area (Å²) in [6.45, 7) is 1.81. The van der Waals surface area contributed by atoms with Crippen LogP contribution in [0.2, 0.25) is 0 Å². The Balaban J connectivity index is 1.27. The molecule has 1 amide bonds. The predicted molar refractivity (Wildman–Crippen MR) is 163 cm³/mol. The van der Waals surface area contributed by atoms with E-state index in [-0.39, 0.29) is 18.0 Å². The molecule has 0 bridgehead atoms. The molecule has 2 unspecified atom stereocenters. The number of fused-ring (bicyclic) bond motifs is 2. The van der Waals surface area contributed by atoms with Crippen molar-refractivity contribution >= 4 is 5.91 Å². The second kappa shape index (κ2) is 12.7. The van der Waals surface area contributed by atoms with Crippen molar-refractivity contribution in [3.05, 3.63) is 82.4 Å². The number of hydrogen-bond acceptors (Lipinski definition) is 6. The normalized spacial score (nSPS) is 19.5. The average Bonchev–Trinajstić information content (AvgIpc) is 3.76. The molecule has 0 radical (unpaired) electrons. The first kappa shape index (κ1) is 28.4. The van der Waals surface area contributed by atoms with E-state index in [2.05, 4.69) is 52.7 Å². The van der Waals surface area contributed by atoms with E-state index in [9.17, 15) is 4.79 Å². The van der Waals surface area contributed by atoms with Gasteiger partial charge in [-0.3, -0.25) is 9.69 Å². The van der Waals surface area contributed by atoms with Crippen LogP contribution in [0, 0.1) is 5.92 Å². The summed E-state index contributed by atoms with van der Waals surface area (Å²) in [4.78, 5) is 15.8. The molecule has 2 aliphatic carbocycles. The van der Waals surface area contributed by atoms with Crippen molar-refractivity contribution in [3.8, 4) is 23.0 Å². The number of amides is 1. The monoisotopic (exact) mass is 570 g/mol. The van der Waals surface area contributed by atoms with Gasteiger partial charge in [0.15, 0.2) is 23.0 Å². The van der Waals surface area contributed by atoms with E-state index in [1.54, 1.807) is 21.3 Å². The summed E-state index contributed by atoms with van der Waals surface area (Å²) in [5, 5.41) is 3.34. The minimum atomic E-state index is -0.00912. The molecule has 1 N–H and O–H groups in total. The average molecular weight is 571 g/mol. The first-order valence-electron chi connectivity index (χ1n) is 15.2. The molecule has 7 nitrogen and oxygen atoms in total. The molecule has 1 aliphatic heterocycles. The van der Waals surface area contributed by atoms with Gasteiger partial charge in [-0.2, -0.15) is 0 Å². The number of ether oxygens (including phenoxy) is 4. The van der Waals surface area contributed by atoms with Crippen LogP contribution in [0.5, 0.6) is 23.0 Å². The molecule has 1 fully saturated rings. The highest BCUT2D eigenvalue weighted by Gasteiger charge is 2.32. The van der Waals surface area contributed by atoms with Gasteiger partial charge in [-0.05, 0) is 90.1 Å². The molecule has 3 aromatic rings. The fourth-order valence-electron chi connectivity index (χ4n) is 6.57. The van der Waals surface area contributed by atoms with Crippen molar-refractivity contribution in [2.45, 2.75) is 57.0 Å². The van der Waals surface area contributed by atoms with Crippen molar-refractivity contribution < 1.29 is 23.7 Å². The number of aryl methyl sites for hydroxylation is 1. The zero-order chi connectivity index (χ0) is 29.1. The standard InChI is InChI=1S/C35H42N2O5/c1-39-31-13-10-24(19-32(31)40-2)18-30-28-21-34(42-17-15-23-8-9-23)33(41-3)20-26(28)14-16-37(30)22-35(38)36-29-12-11-25-6-4-5-7-27(25)29/h4-7,10,13,19-21,23,29-30H,8-9,11-12,14-18,22H2,1-3H3,(H,36,38). The maximum absolute atomic E-state index is 13.5. The molecule has 0 spiro atoms. The Kier molecular flexibility index (Phi) is 8.56. The highest BCUT2D eigenvalue weighted by Crippen LogP contribution is 2.41. The lowest BCUT2D eigenvalue weighted by molar-refractivity contribution is -0.123. The van der Waals surface area contributed by atoms with Gasteiger partial charge in [0.2, 0.25) is 5.91 Å². The summed E-state index contributed by atoms with van der Waals surface area (Å²) >= 11 is 0. The topological polar surface area (TPSA) is 69.3 Å². The summed E-state index contributed by atoms with van der Waals surface area (Å²) < 4.78 is 23.1. The summed E-state index contributed by atoms with van der Waals surface area (Å²) in [7, 11) is 5.01. The number of benzene rings is 3. The third-order valence-corrected chi connectivity index (χ3v) is 9.07. The lowest BCUT2D eigenvalue weighted by atomic mass is 9.88. The summed E-state index contributed by atoms with van der Waals surface area (Å²) in [6, 6.07) is 18.9. The van der Waals surface area contributed by atoms with Gasteiger partial charge >= 0.3 is 0 Å². The molecule has 0 saturated heterocycles. The van der Waals surface area contributed by atoms with Crippen LogP contribution in [-0.4, -0.2) is 51.8 Å². The summed E-state index contributed by atoms with van der Waals surface area (Å²) in [5.74, 6) is 3.83. The van der Waals surface area contributed by atoms with E-state index in [1.807, 2.05) is 12.1 Å². The highest BCUT2D eigenvalue weighted by atomic mass is 16.5. The van der Waals surface area contributed by atoms with Gasteiger partial charge in [0, 0.05) is 12.6 Å². The molecule has 2 atom stereocenters. The first-order chi connectivity index (χ1) is 20.6. The molecule has 1 saturated carbocycles. The maximum Gasteiger partial charge on any atom is 0.234 e. The zero-order valence-electron chi connectivity index (χ0n) is 25.0. The van der Waals surface area contributed by atoms with Gasteiger partial charge in [0.1, 0.15) is 0 Å². The van der Waals surface area contributed by atoms with E-state index >= 15 is 0 Å². The third-order valence-electron chi connectivity index (χ3n) is 9.07. The molecule has 0 aromatic heterocycles. The fraction of sp³-hybridized carbons (Fsp3) is 0.457. The Bertz CT molecular complexity index is 1420. The van der Waals surface area contributed by atoms with Crippen LogP contribution < -0.4 is 24.3 Å². The van der Waals surface area contributed by atoms with Gasteiger partial charge in [0.25, 0.3) is 0 Å². The number of nitrogens with one attached hydrogen (secondary N) is 1. The van der Waals surface area contributed by atoms with Gasteiger partial charge in [0.05, 0.1) is 40.5 Å². The van der Waals surface area contributed by atoms with Crippen LogP contribution in [0.4, 0.5) is 0 Å². The number of rotatable bonds is 12. The number of methoxy groups -OCH3 is 3. The lowest BCUT2D eigenvalue weighted by Gasteiger charge is -2.38. The van der Waals surface area contributed by atoms with Crippen LogP contribution in [0.3, 0.4) is 0 Å². The highest BCUT2D eigenvalue weighted by molar-refractivity contribution is 5.79. The lowest BCUT2D eigenvalue weighted by Crippen LogP contribution is -2.44. The number of carbonyl (C=O) groups excluding carboxylic acids is 1. The quantitative estimate of drug-likeness (QED) is 0.295. The van der Waals surface area contributed by atoms with Gasteiger partial charge in [-0.15, -0.1) is 0 Å². The molecule has 222 valence electrons.